The Balaban J connectivity index is 1.13. The fourth-order valence-electron chi connectivity index (χ4n) is 12.1. The van der Waals surface area contributed by atoms with Gasteiger partial charge in [0.05, 0.1) is 37.3 Å². The van der Waals surface area contributed by atoms with Crippen LogP contribution in [0.2, 0.25) is 0 Å². The first-order valence-corrected chi connectivity index (χ1v) is 24.2. The van der Waals surface area contributed by atoms with Crippen molar-refractivity contribution in [2.45, 2.75) is 76.7 Å². The lowest BCUT2D eigenvalue weighted by atomic mass is 9.72. The number of benzene rings is 4. The number of rotatable bonds is 14. The van der Waals surface area contributed by atoms with E-state index in [0.717, 1.165) is 100 Å². The van der Waals surface area contributed by atoms with Crippen LogP contribution < -0.4 is 18.9 Å². The molecule has 10 heteroatoms. The van der Waals surface area contributed by atoms with Crippen LogP contribution in [0, 0.1) is 23.7 Å². The molecule has 66 heavy (non-hydrogen) atoms. The third kappa shape index (κ3) is 7.91. The molecule has 4 bridgehead atoms. The van der Waals surface area contributed by atoms with E-state index in [1.54, 1.807) is 14.2 Å². The Morgan fingerprint density at radius 2 is 1.05 bits per heavy atom. The Labute approximate surface area is 388 Å². The van der Waals surface area contributed by atoms with Crippen LogP contribution >= 0.6 is 0 Å². The maximum atomic E-state index is 7.76. The quantitative estimate of drug-likeness (QED) is 0.105. The van der Waals surface area contributed by atoms with Crippen LogP contribution in [-0.2, 0) is 0 Å². The summed E-state index contributed by atoms with van der Waals surface area (Å²) in [6.07, 6.45) is 9.90. The van der Waals surface area contributed by atoms with Crippen LogP contribution in [0.15, 0.2) is 122 Å². The Bertz CT molecular complexity index is 2680. The summed E-state index contributed by atoms with van der Waals surface area (Å²) < 4.78 is 27.2. The molecule has 2 unspecified atom stereocenters. The second-order valence-corrected chi connectivity index (χ2v) is 18.9. The number of piperidine rings is 6. The van der Waals surface area contributed by atoms with Crippen LogP contribution in [0.1, 0.15) is 75.7 Å². The lowest BCUT2D eigenvalue weighted by molar-refractivity contribution is -0.0510. The molecule has 6 fully saturated rings. The number of aromatic nitrogens is 4. The van der Waals surface area contributed by atoms with E-state index < -0.39 is 12.2 Å². The molecule has 338 valence electrons. The van der Waals surface area contributed by atoms with Crippen molar-refractivity contribution in [1.82, 2.24) is 29.7 Å². The molecule has 0 spiro atoms. The van der Waals surface area contributed by atoms with E-state index in [9.17, 15) is 0 Å². The topological polar surface area (TPSA) is 95.0 Å². The molecule has 0 saturated carbocycles. The monoisotopic (exact) mass is 880 g/mol. The predicted molar refractivity (Wildman–Crippen MR) is 260 cm³/mol. The third-order valence-corrected chi connectivity index (χ3v) is 15.6. The van der Waals surface area contributed by atoms with Gasteiger partial charge in [-0.15, -0.1) is 0 Å². The van der Waals surface area contributed by atoms with Gasteiger partial charge in [-0.3, -0.25) is 19.8 Å². The molecule has 6 aliphatic heterocycles. The molecule has 10 nitrogen and oxygen atoms in total. The average Bonchev–Trinajstić information content (AvgIpc) is 3.39. The first-order chi connectivity index (χ1) is 32.5. The van der Waals surface area contributed by atoms with E-state index in [-0.39, 0.29) is 12.1 Å². The molecule has 0 N–H and O–H groups in total. The minimum atomic E-state index is -0.393. The molecular formula is C56H60N6O4. The molecule has 13 rings (SSSR count). The summed E-state index contributed by atoms with van der Waals surface area (Å²) in [7, 11) is 3.44. The van der Waals surface area contributed by atoms with Crippen molar-refractivity contribution < 1.29 is 18.9 Å². The Morgan fingerprint density at radius 3 is 1.47 bits per heavy atom. The summed E-state index contributed by atoms with van der Waals surface area (Å²) in [6.45, 7) is 8.88. The van der Waals surface area contributed by atoms with Crippen molar-refractivity contribution >= 4 is 21.8 Å². The second-order valence-electron chi connectivity index (χ2n) is 18.9. The standard InChI is InChI=1S/C56H60N6O4/c1-5-35-33-61-27-23-39(35)29-49(61)52(43-21-25-57-47-19-17-41(63-3)31-45(43)47)65-55-51(37-13-9-7-10-14-37)56(60-54(59-55)38-15-11-8-12-16-38)66-53(50-30-40-24-28-62(50)34-36(40)6-2)44-22-26-58-48-20-18-42(64-4)32-46(44)48/h7-22,25-26,31-32,35-36,39-40,49-50,52-53H,5-6,23-24,27-30,33-34H2,1-4H3/t35-,36+,39+,40-,49-,50-,52-,53+/m0/s1. The van der Waals surface area contributed by atoms with Gasteiger partial charge in [0.2, 0.25) is 11.8 Å². The summed E-state index contributed by atoms with van der Waals surface area (Å²) in [5, 5.41) is 2.02. The van der Waals surface area contributed by atoms with Gasteiger partial charge in [-0.05, 0) is 117 Å². The molecule has 3 aromatic heterocycles. The fourth-order valence-corrected chi connectivity index (χ4v) is 12.1. The molecule has 0 aliphatic carbocycles. The Kier molecular flexibility index (Phi) is 11.8. The maximum Gasteiger partial charge on any atom is 0.229 e. The molecule has 6 aliphatic rings. The van der Waals surface area contributed by atoms with Gasteiger partial charge in [0, 0.05) is 52.9 Å². The number of fused-ring (bicyclic) bond motifs is 8. The minimum absolute atomic E-state index is 0.106. The van der Waals surface area contributed by atoms with Gasteiger partial charge in [-0.1, -0.05) is 87.4 Å². The zero-order valence-corrected chi connectivity index (χ0v) is 38.6. The number of ether oxygens (including phenoxy) is 4. The van der Waals surface area contributed by atoms with Crippen LogP contribution in [0.4, 0.5) is 0 Å². The predicted octanol–water partition coefficient (Wildman–Crippen LogP) is 11.4. The van der Waals surface area contributed by atoms with Gasteiger partial charge in [-0.25, -0.2) is 0 Å². The van der Waals surface area contributed by atoms with Crippen LogP contribution in [0.3, 0.4) is 0 Å². The van der Waals surface area contributed by atoms with Crippen molar-refractivity contribution in [3.05, 3.63) is 133 Å². The number of methoxy groups -OCH3 is 2. The Hall–Kier alpha value is -6.10. The second kappa shape index (κ2) is 18.3. The smallest absolute Gasteiger partial charge is 0.229 e. The largest absolute Gasteiger partial charge is 0.497 e. The van der Waals surface area contributed by atoms with Crippen molar-refractivity contribution in [3.8, 4) is 45.8 Å². The highest BCUT2D eigenvalue weighted by atomic mass is 16.5. The molecule has 6 saturated heterocycles. The van der Waals surface area contributed by atoms with Gasteiger partial charge in [0.15, 0.2) is 5.82 Å². The molecule has 0 amide bonds. The molecule has 10 atom stereocenters. The van der Waals surface area contributed by atoms with Crippen LogP contribution in [0.25, 0.3) is 44.3 Å². The van der Waals surface area contributed by atoms with E-state index in [0.29, 0.717) is 41.3 Å². The number of hydrogen-bond donors (Lipinski definition) is 0. The number of nitrogens with zero attached hydrogens (tertiary/aromatic N) is 6. The fraction of sp³-hybridized carbons (Fsp3) is 0.393. The van der Waals surface area contributed by atoms with Gasteiger partial charge < -0.3 is 18.9 Å². The van der Waals surface area contributed by atoms with E-state index >= 15 is 0 Å². The van der Waals surface area contributed by atoms with Crippen molar-refractivity contribution in [2.75, 3.05) is 40.4 Å². The van der Waals surface area contributed by atoms with Crippen molar-refractivity contribution in [2.24, 2.45) is 23.7 Å². The summed E-state index contributed by atoms with van der Waals surface area (Å²) in [5.74, 6) is 5.70. The number of pyridine rings is 2. The highest BCUT2D eigenvalue weighted by molar-refractivity contribution is 5.85. The third-order valence-electron chi connectivity index (χ3n) is 15.6. The summed E-state index contributed by atoms with van der Waals surface area (Å²) in [4.78, 5) is 26.0. The zero-order valence-electron chi connectivity index (χ0n) is 38.6. The summed E-state index contributed by atoms with van der Waals surface area (Å²) in [5.41, 5.74) is 6.48. The highest BCUT2D eigenvalue weighted by Crippen LogP contribution is 2.50. The van der Waals surface area contributed by atoms with Gasteiger partial charge in [0.25, 0.3) is 0 Å². The first-order valence-electron chi connectivity index (χ1n) is 24.2. The van der Waals surface area contributed by atoms with E-state index in [1.807, 2.05) is 54.9 Å². The number of hydrogen-bond acceptors (Lipinski definition) is 10. The summed E-state index contributed by atoms with van der Waals surface area (Å²) >= 11 is 0. The lowest BCUT2D eigenvalue weighted by Gasteiger charge is -2.52. The van der Waals surface area contributed by atoms with Gasteiger partial charge in [-0.2, -0.15) is 9.97 Å². The first kappa shape index (κ1) is 42.5. The van der Waals surface area contributed by atoms with Crippen LogP contribution in [-0.4, -0.2) is 82.2 Å². The van der Waals surface area contributed by atoms with E-state index in [1.165, 1.54) is 25.7 Å². The zero-order chi connectivity index (χ0) is 44.7. The van der Waals surface area contributed by atoms with Crippen molar-refractivity contribution in [1.29, 1.82) is 0 Å². The Morgan fingerprint density at radius 1 is 0.576 bits per heavy atom. The van der Waals surface area contributed by atoms with E-state index in [4.69, 9.17) is 38.9 Å². The van der Waals surface area contributed by atoms with Gasteiger partial charge in [0.1, 0.15) is 29.3 Å². The molecule has 0 radical (unpaired) electrons. The molecular weight excluding hydrogens is 821 g/mol. The lowest BCUT2D eigenvalue weighted by Crippen LogP contribution is -2.56. The molecule has 7 aromatic rings. The average molecular weight is 881 g/mol. The summed E-state index contributed by atoms with van der Waals surface area (Å²) in [6, 6.07) is 37.4. The highest BCUT2D eigenvalue weighted by Gasteiger charge is 2.47. The molecule has 4 aromatic carbocycles. The van der Waals surface area contributed by atoms with Crippen molar-refractivity contribution in [3.63, 3.8) is 0 Å². The minimum Gasteiger partial charge on any atom is -0.497 e. The maximum absolute atomic E-state index is 7.76. The van der Waals surface area contributed by atoms with Gasteiger partial charge >= 0.3 is 0 Å². The molecule has 9 heterocycles. The normalized spacial score (nSPS) is 25.4. The SMILES string of the molecule is CC[C@@H]1CN2CC[C@H]1C[C@H]2[C@H](Oc1nc(-c2ccccc2)nc(O[C@@H](c2ccnc3ccc(OC)cc23)[C@@H]2C[C@H]3CCN2C[C@@H]3CC)c1-c1ccccc1)c1ccnc2ccc(OC)cc12. The van der Waals surface area contributed by atoms with Crippen LogP contribution in [0.5, 0.6) is 23.3 Å². The van der Waals surface area contributed by atoms with E-state index in [2.05, 4.69) is 90.4 Å².